The number of aromatic nitrogens is 1. The van der Waals surface area contributed by atoms with Gasteiger partial charge in [0.25, 0.3) is 5.91 Å². The lowest BCUT2D eigenvalue weighted by atomic mass is 10.1. The fraction of sp³-hybridized carbons (Fsp3) is 0.375. The molecule has 0 aliphatic carbocycles. The molecule has 2 N–H and O–H groups in total. The van der Waals surface area contributed by atoms with Gasteiger partial charge < -0.3 is 10.6 Å². The predicted octanol–water partition coefficient (Wildman–Crippen LogP) is 2.27. The topological polar surface area (TPSA) is 62.5 Å². The number of carbonyl (C=O) groups excluding carboxylic acids is 1. The Balaban J connectivity index is 1.59. The van der Waals surface area contributed by atoms with Gasteiger partial charge in [0, 0.05) is 43.2 Å². The van der Waals surface area contributed by atoms with Crippen LogP contribution in [0.4, 0.5) is 13.9 Å². The van der Waals surface area contributed by atoms with E-state index in [-0.39, 0.29) is 11.5 Å². The second-order valence-corrected chi connectivity index (χ2v) is 6.87. The molecule has 0 atom stereocenters. The smallest absolute Gasteiger partial charge is 0.254 e. The highest BCUT2D eigenvalue weighted by Crippen LogP contribution is 2.22. The predicted molar refractivity (Wildman–Crippen MR) is 88.8 cm³/mol. The first-order valence-corrected chi connectivity index (χ1v) is 8.44. The molecule has 2 heterocycles. The van der Waals surface area contributed by atoms with Crippen LogP contribution >= 0.6 is 11.3 Å². The zero-order chi connectivity index (χ0) is 17.3. The maximum atomic E-state index is 13.3. The summed E-state index contributed by atoms with van der Waals surface area (Å²) < 4.78 is 26.3. The largest absolute Gasteiger partial charge is 0.375 e. The van der Waals surface area contributed by atoms with E-state index in [1.807, 2.05) is 6.92 Å². The van der Waals surface area contributed by atoms with Gasteiger partial charge in [-0.3, -0.25) is 9.69 Å². The van der Waals surface area contributed by atoms with Crippen molar-refractivity contribution in [1.29, 1.82) is 0 Å². The quantitative estimate of drug-likeness (QED) is 0.921. The first kappa shape index (κ1) is 16.8. The van der Waals surface area contributed by atoms with E-state index in [0.717, 1.165) is 29.2 Å². The summed E-state index contributed by atoms with van der Waals surface area (Å²) in [6.07, 6.45) is 0. The first-order chi connectivity index (χ1) is 11.4. The van der Waals surface area contributed by atoms with Crippen LogP contribution in [0.2, 0.25) is 0 Å². The van der Waals surface area contributed by atoms with Crippen LogP contribution in [0.3, 0.4) is 0 Å². The molecule has 1 aliphatic heterocycles. The molecule has 0 unspecified atom stereocenters. The summed E-state index contributed by atoms with van der Waals surface area (Å²) >= 11 is 1.48. The molecule has 0 spiro atoms. The Morgan fingerprint density at radius 3 is 2.54 bits per heavy atom. The number of hydrogen-bond acceptors (Lipinski definition) is 5. The highest BCUT2D eigenvalue weighted by Gasteiger charge is 2.23. The average Bonchev–Trinajstić information content (AvgIpc) is 2.87. The standard InChI is InChI=1S/C16H18F2N4OS/c1-10-14(24-16(19)20-10)9-21-4-6-22(7-5-21)15(23)11-2-3-12(17)13(18)8-11/h2-3,8H,4-7,9H2,1H3,(H2,19,20). The summed E-state index contributed by atoms with van der Waals surface area (Å²) in [7, 11) is 0. The van der Waals surface area contributed by atoms with Gasteiger partial charge in [-0.1, -0.05) is 0 Å². The minimum atomic E-state index is -1.00. The van der Waals surface area contributed by atoms with Crippen molar-refractivity contribution in [3.05, 3.63) is 46.0 Å². The van der Waals surface area contributed by atoms with Crippen LogP contribution in [0.5, 0.6) is 0 Å². The number of benzene rings is 1. The van der Waals surface area contributed by atoms with Crippen molar-refractivity contribution in [1.82, 2.24) is 14.8 Å². The minimum absolute atomic E-state index is 0.174. The Bertz CT molecular complexity index is 757. The van der Waals surface area contributed by atoms with E-state index < -0.39 is 11.6 Å². The molecule has 5 nitrogen and oxygen atoms in total. The van der Waals surface area contributed by atoms with Gasteiger partial charge in [-0.05, 0) is 25.1 Å². The van der Waals surface area contributed by atoms with Gasteiger partial charge in [-0.25, -0.2) is 13.8 Å². The molecular weight excluding hydrogens is 334 g/mol. The van der Waals surface area contributed by atoms with Gasteiger partial charge in [0.1, 0.15) is 0 Å². The molecule has 1 aliphatic rings. The van der Waals surface area contributed by atoms with Crippen molar-refractivity contribution < 1.29 is 13.6 Å². The third-order valence-corrected chi connectivity index (χ3v) is 5.07. The number of nitrogens with two attached hydrogens (primary N) is 1. The molecule has 0 radical (unpaired) electrons. The number of thiazole rings is 1. The van der Waals surface area contributed by atoms with Crippen LogP contribution < -0.4 is 5.73 Å². The molecule has 2 aromatic rings. The highest BCUT2D eigenvalue weighted by atomic mass is 32.1. The molecule has 3 rings (SSSR count). The zero-order valence-corrected chi connectivity index (χ0v) is 14.1. The number of nitrogen functional groups attached to an aromatic ring is 1. The van der Waals surface area contributed by atoms with E-state index in [4.69, 9.17) is 5.73 Å². The number of aryl methyl sites for hydroxylation is 1. The van der Waals surface area contributed by atoms with Crippen molar-refractivity contribution in [3.63, 3.8) is 0 Å². The Morgan fingerprint density at radius 2 is 1.96 bits per heavy atom. The van der Waals surface area contributed by atoms with Crippen LogP contribution in [-0.2, 0) is 6.54 Å². The van der Waals surface area contributed by atoms with Crippen molar-refractivity contribution in [2.24, 2.45) is 0 Å². The number of piperazine rings is 1. The molecule has 1 aromatic carbocycles. The molecule has 24 heavy (non-hydrogen) atoms. The first-order valence-electron chi connectivity index (χ1n) is 7.62. The number of nitrogens with zero attached hydrogens (tertiary/aromatic N) is 3. The maximum absolute atomic E-state index is 13.3. The summed E-state index contributed by atoms with van der Waals surface area (Å²) in [6, 6.07) is 3.25. The molecule has 1 saturated heterocycles. The average molecular weight is 352 g/mol. The van der Waals surface area contributed by atoms with Gasteiger partial charge >= 0.3 is 0 Å². The monoisotopic (exact) mass is 352 g/mol. The van der Waals surface area contributed by atoms with E-state index in [1.165, 1.54) is 17.4 Å². The Morgan fingerprint density at radius 1 is 1.25 bits per heavy atom. The molecule has 1 amide bonds. The Labute approximate surface area is 142 Å². The normalized spacial score (nSPS) is 15.7. The molecule has 1 fully saturated rings. The van der Waals surface area contributed by atoms with Crippen molar-refractivity contribution >= 4 is 22.4 Å². The fourth-order valence-corrected chi connectivity index (χ4v) is 3.60. The SMILES string of the molecule is Cc1nc(N)sc1CN1CCN(C(=O)c2ccc(F)c(F)c2)CC1. The zero-order valence-electron chi connectivity index (χ0n) is 13.3. The number of anilines is 1. The second-order valence-electron chi connectivity index (χ2n) is 5.76. The van der Waals surface area contributed by atoms with Crippen LogP contribution in [0, 0.1) is 18.6 Å². The molecule has 1 aromatic heterocycles. The lowest BCUT2D eigenvalue weighted by Crippen LogP contribution is -2.48. The van der Waals surface area contributed by atoms with E-state index in [0.29, 0.717) is 31.3 Å². The highest BCUT2D eigenvalue weighted by molar-refractivity contribution is 7.15. The van der Waals surface area contributed by atoms with Crippen molar-refractivity contribution in [2.45, 2.75) is 13.5 Å². The second kappa shape index (κ2) is 6.82. The number of rotatable bonds is 3. The summed E-state index contributed by atoms with van der Waals surface area (Å²) in [6.45, 7) is 5.22. The fourth-order valence-electron chi connectivity index (χ4n) is 2.72. The maximum Gasteiger partial charge on any atom is 0.254 e. The van der Waals surface area contributed by atoms with Gasteiger partial charge in [-0.2, -0.15) is 0 Å². The number of amides is 1. The summed E-state index contributed by atoms with van der Waals surface area (Å²) in [5.41, 5.74) is 6.83. The van der Waals surface area contributed by atoms with Gasteiger partial charge in [-0.15, -0.1) is 11.3 Å². The minimum Gasteiger partial charge on any atom is -0.375 e. The molecule has 128 valence electrons. The molecule has 0 bridgehead atoms. The van der Waals surface area contributed by atoms with Crippen molar-refractivity contribution in [2.75, 3.05) is 31.9 Å². The summed E-state index contributed by atoms with van der Waals surface area (Å²) in [5.74, 6) is -2.22. The van der Waals surface area contributed by atoms with E-state index in [2.05, 4.69) is 9.88 Å². The van der Waals surface area contributed by atoms with Crippen LogP contribution in [0.25, 0.3) is 0 Å². The van der Waals surface area contributed by atoms with Crippen molar-refractivity contribution in [3.8, 4) is 0 Å². The molecule has 8 heteroatoms. The molecular formula is C16H18F2N4OS. The lowest BCUT2D eigenvalue weighted by molar-refractivity contribution is 0.0628. The number of carbonyl (C=O) groups is 1. The Kier molecular flexibility index (Phi) is 4.77. The van der Waals surface area contributed by atoms with Gasteiger partial charge in [0.2, 0.25) is 0 Å². The third kappa shape index (κ3) is 3.54. The summed E-state index contributed by atoms with van der Waals surface area (Å²) in [5, 5.41) is 0.564. The van der Waals surface area contributed by atoms with Crippen LogP contribution in [0.15, 0.2) is 18.2 Å². The van der Waals surface area contributed by atoms with E-state index >= 15 is 0 Å². The van der Waals surface area contributed by atoms with Gasteiger partial charge in [0.15, 0.2) is 16.8 Å². The van der Waals surface area contributed by atoms with E-state index in [1.54, 1.807) is 4.90 Å². The third-order valence-electron chi connectivity index (χ3n) is 4.10. The van der Waals surface area contributed by atoms with Gasteiger partial charge in [0.05, 0.1) is 5.69 Å². The van der Waals surface area contributed by atoms with Crippen LogP contribution in [-0.4, -0.2) is 46.9 Å². The molecule has 0 saturated carbocycles. The lowest BCUT2D eigenvalue weighted by Gasteiger charge is -2.34. The number of hydrogen-bond donors (Lipinski definition) is 1. The number of halogens is 2. The summed E-state index contributed by atoms with van der Waals surface area (Å²) in [4.78, 5) is 21.6. The Hall–Kier alpha value is -2.06. The van der Waals surface area contributed by atoms with Crippen LogP contribution in [0.1, 0.15) is 20.9 Å². The van der Waals surface area contributed by atoms with E-state index in [9.17, 15) is 13.6 Å².